The minimum Gasteiger partial charge on any atom is -0.533 e. The Morgan fingerprint density at radius 2 is 1.13 bits per heavy atom. The Morgan fingerprint density at radius 3 is 1.62 bits per heavy atom. The quantitative estimate of drug-likeness (QED) is 0.242. The fraction of sp³-hybridized carbons (Fsp3) is 0.486. The Bertz CT molecular complexity index is 1720. The summed E-state index contributed by atoms with van der Waals surface area (Å²) in [4.78, 5) is 3.49. The van der Waals surface area contributed by atoms with Gasteiger partial charge in [-0.05, 0) is 129 Å². The second-order valence-corrected chi connectivity index (χ2v) is 18.9. The van der Waals surface area contributed by atoms with Gasteiger partial charge in [0.1, 0.15) is 5.60 Å². The van der Waals surface area contributed by atoms with Crippen LogP contribution in [0.15, 0.2) is 65.7 Å². The van der Waals surface area contributed by atoms with E-state index in [0.717, 1.165) is 25.7 Å². The molecule has 4 aliphatic heterocycles. The van der Waals surface area contributed by atoms with Crippen LogP contribution < -0.4 is 9.55 Å². The first kappa shape index (κ1) is 33.7. The summed E-state index contributed by atoms with van der Waals surface area (Å²) in [6.45, 7) is 24.8. The van der Waals surface area contributed by atoms with Gasteiger partial charge in [-0.1, -0.05) is 18.7 Å². The summed E-state index contributed by atoms with van der Waals surface area (Å²) in [5, 5.41) is 0.246. The van der Waals surface area contributed by atoms with Crippen molar-refractivity contribution in [3.05, 3.63) is 71.2 Å². The molecule has 0 amide bonds. The van der Waals surface area contributed by atoms with Gasteiger partial charge in [-0.2, -0.15) is 0 Å². The third-order valence-corrected chi connectivity index (χ3v) is 14.2. The van der Waals surface area contributed by atoms with Gasteiger partial charge in [-0.15, -0.1) is 34.4 Å². The van der Waals surface area contributed by atoms with Gasteiger partial charge in [0.15, 0.2) is 0 Å². The summed E-state index contributed by atoms with van der Waals surface area (Å²) < 4.78 is 39.9. The molecule has 0 aliphatic carbocycles. The van der Waals surface area contributed by atoms with E-state index in [0.29, 0.717) is 5.76 Å². The molecule has 0 bridgehead atoms. The smallest absolute Gasteiger partial charge is 0.533 e. The van der Waals surface area contributed by atoms with E-state index in [1.54, 1.807) is 22.7 Å². The molecule has 0 N–H and O–H groups in total. The molecule has 0 saturated carbocycles. The lowest BCUT2D eigenvalue weighted by atomic mass is 9.88. The molecule has 6 heterocycles. The maximum absolute atomic E-state index is 6.41. The predicted octanol–water partition coefficient (Wildman–Crippen LogP) is 8.17. The average molecular weight is 688 g/mol. The zero-order chi connectivity index (χ0) is 33.7. The molecule has 1 aromatic carbocycles. The highest BCUT2D eigenvalue weighted by molar-refractivity contribution is 8.05. The standard InChI is InChI=1S/C35H43B3O6S3/c1-21-31(2,3)40-36(39-21)28-15-12-25(45-28)22-18-23(26-13-16-29(46-26)37-41-32(4,5)33(6,7)42-37)20-24(19-22)27-14-17-30(47-27)38-43-34(8,9)35(10,11)44-38/h12-13,15-20,27H,1,14H2,2-11H3. The van der Waals surface area contributed by atoms with Crippen LogP contribution in [0.4, 0.5) is 0 Å². The third kappa shape index (κ3) is 6.05. The van der Waals surface area contributed by atoms with E-state index in [2.05, 4.69) is 111 Å². The van der Waals surface area contributed by atoms with E-state index in [4.69, 9.17) is 27.9 Å². The van der Waals surface area contributed by atoms with Crippen molar-refractivity contribution < 1.29 is 27.9 Å². The maximum Gasteiger partial charge on any atom is 0.574 e. The highest BCUT2D eigenvalue weighted by atomic mass is 32.2. The van der Waals surface area contributed by atoms with Gasteiger partial charge in [0.25, 0.3) is 0 Å². The van der Waals surface area contributed by atoms with Crippen molar-refractivity contribution in [1.82, 2.24) is 0 Å². The van der Waals surface area contributed by atoms with Gasteiger partial charge in [0.05, 0.1) is 32.9 Å². The van der Waals surface area contributed by atoms with Crippen LogP contribution in [-0.2, 0) is 27.9 Å². The number of allylic oxidation sites excluding steroid dienone is 1. The van der Waals surface area contributed by atoms with Gasteiger partial charge in [-0.25, -0.2) is 0 Å². The van der Waals surface area contributed by atoms with E-state index < -0.39 is 12.7 Å². The van der Waals surface area contributed by atoms with Crippen LogP contribution in [0.25, 0.3) is 20.9 Å². The summed E-state index contributed by atoms with van der Waals surface area (Å²) >= 11 is 5.28. The van der Waals surface area contributed by atoms with Crippen LogP contribution in [0.3, 0.4) is 0 Å². The molecule has 2 aromatic heterocycles. The molecule has 3 saturated heterocycles. The highest BCUT2D eigenvalue weighted by Gasteiger charge is 2.54. The predicted molar refractivity (Wildman–Crippen MR) is 199 cm³/mol. The molecule has 0 radical (unpaired) electrons. The maximum atomic E-state index is 6.41. The Kier molecular flexibility index (Phi) is 8.17. The van der Waals surface area contributed by atoms with Gasteiger partial charge in [-0.3, -0.25) is 0 Å². The number of hydrogen-bond acceptors (Lipinski definition) is 9. The molecule has 3 aromatic rings. The SMILES string of the molecule is C=C1OB(c2ccc(-c3cc(-c4ccc(B5OC(C)(C)C(C)(C)O5)s4)cc(C4CC=C(B5OC(C)(C)C(C)(C)O5)S4)c3)s2)OC1(C)C. The van der Waals surface area contributed by atoms with Crippen LogP contribution in [-0.4, -0.2) is 49.4 Å². The molecule has 1 unspecified atom stereocenters. The Labute approximate surface area is 293 Å². The van der Waals surface area contributed by atoms with Crippen LogP contribution in [0.1, 0.15) is 86.5 Å². The second-order valence-electron chi connectivity index (χ2n) is 15.4. The van der Waals surface area contributed by atoms with E-state index in [1.807, 2.05) is 25.6 Å². The molecular weight excluding hydrogens is 645 g/mol. The van der Waals surface area contributed by atoms with Gasteiger partial charge in [0.2, 0.25) is 0 Å². The molecule has 3 fully saturated rings. The topological polar surface area (TPSA) is 55.4 Å². The molecule has 1 atom stereocenters. The molecule has 7 rings (SSSR count). The fourth-order valence-corrected chi connectivity index (χ4v) is 9.00. The Balaban J connectivity index is 1.20. The minimum atomic E-state index is -0.516. The highest BCUT2D eigenvalue weighted by Crippen LogP contribution is 2.50. The molecule has 4 aliphatic rings. The van der Waals surface area contributed by atoms with Gasteiger partial charge >= 0.3 is 21.4 Å². The first-order valence-electron chi connectivity index (χ1n) is 16.3. The summed E-state index contributed by atoms with van der Waals surface area (Å²) in [6, 6.07) is 15.6. The first-order chi connectivity index (χ1) is 21.8. The van der Waals surface area contributed by atoms with Crippen molar-refractivity contribution in [3.8, 4) is 20.9 Å². The van der Waals surface area contributed by atoms with Crippen molar-refractivity contribution in [2.75, 3.05) is 0 Å². The fourth-order valence-electron chi connectivity index (χ4n) is 5.89. The van der Waals surface area contributed by atoms with Crippen LogP contribution in [0, 0.1) is 0 Å². The van der Waals surface area contributed by atoms with Crippen LogP contribution in [0.5, 0.6) is 0 Å². The normalized spacial score (nSPS) is 25.5. The van der Waals surface area contributed by atoms with E-state index in [1.165, 1.54) is 21.6 Å². The van der Waals surface area contributed by atoms with Crippen molar-refractivity contribution >= 4 is 65.3 Å². The summed E-state index contributed by atoms with van der Waals surface area (Å²) in [6.07, 6.45) is 3.20. The second kappa shape index (κ2) is 11.4. The zero-order valence-electron chi connectivity index (χ0n) is 29.0. The molecule has 0 spiro atoms. The number of rotatable bonds is 6. The van der Waals surface area contributed by atoms with Crippen LogP contribution in [0.2, 0.25) is 0 Å². The molecule has 12 heteroatoms. The molecule has 246 valence electrons. The monoisotopic (exact) mass is 688 g/mol. The Hall–Kier alpha value is -1.76. The van der Waals surface area contributed by atoms with Gasteiger partial charge < -0.3 is 27.9 Å². The Morgan fingerprint density at radius 1 is 0.638 bits per heavy atom. The third-order valence-electron chi connectivity index (χ3n) is 10.5. The molecule has 47 heavy (non-hydrogen) atoms. The first-order valence-corrected chi connectivity index (χ1v) is 18.8. The number of benzene rings is 1. The van der Waals surface area contributed by atoms with Crippen molar-refractivity contribution in [1.29, 1.82) is 0 Å². The van der Waals surface area contributed by atoms with E-state index >= 15 is 0 Å². The molecule has 6 nitrogen and oxygen atoms in total. The zero-order valence-corrected chi connectivity index (χ0v) is 31.5. The average Bonchev–Trinajstić information content (AvgIpc) is 3.81. The lowest BCUT2D eigenvalue weighted by molar-refractivity contribution is 0.00578. The van der Waals surface area contributed by atoms with Crippen molar-refractivity contribution in [3.63, 3.8) is 0 Å². The number of hydrogen-bond donors (Lipinski definition) is 0. The lowest BCUT2D eigenvalue weighted by Gasteiger charge is -2.32. The summed E-state index contributed by atoms with van der Waals surface area (Å²) in [7, 11) is -1.18. The lowest BCUT2D eigenvalue weighted by Crippen LogP contribution is -2.41. The van der Waals surface area contributed by atoms with E-state index in [9.17, 15) is 0 Å². The number of thioether (sulfide) groups is 1. The number of thiophene rings is 2. The molecular formula is C35H43B3O6S3. The summed E-state index contributed by atoms with van der Waals surface area (Å²) in [5.41, 5.74) is 1.58. The van der Waals surface area contributed by atoms with Gasteiger partial charge in [0, 0.05) is 24.6 Å². The minimum absolute atomic E-state index is 0.246. The van der Waals surface area contributed by atoms with E-state index in [-0.39, 0.29) is 41.9 Å². The van der Waals surface area contributed by atoms with Crippen LogP contribution >= 0.6 is 34.4 Å². The largest absolute Gasteiger partial charge is 0.574 e. The van der Waals surface area contributed by atoms with Crippen molar-refractivity contribution in [2.45, 2.75) is 109 Å². The summed E-state index contributed by atoms with van der Waals surface area (Å²) in [5.74, 6) is 0.654. The van der Waals surface area contributed by atoms with Crippen molar-refractivity contribution in [2.24, 2.45) is 0 Å².